The summed E-state index contributed by atoms with van der Waals surface area (Å²) in [6.07, 6.45) is 1.73. The Morgan fingerprint density at radius 3 is 2.47 bits per heavy atom. The molecule has 1 heterocycles. The number of carbonyl (C=O) groups excluding carboxylic acids is 1. The Balaban J connectivity index is 1.72. The highest BCUT2D eigenvalue weighted by Crippen LogP contribution is 2.19. The first-order valence-corrected chi connectivity index (χ1v) is 11.2. The molecule has 174 valence electrons. The Morgan fingerprint density at radius 1 is 1.12 bits per heavy atom. The summed E-state index contributed by atoms with van der Waals surface area (Å²) in [7, 11) is 2.06. The van der Waals surface area contributed by atoms with E-state index >= 15 is 0 Å². The van der Waals surface area contributed by atoms with Crippen LogP contribution in [0.4, 0.5) is 13.6 Å². The zero-order chi connectivity index (χ0) is 23.1. The third-order valence-electron chi connectivity index (χ3n) is 5.61. The number of nitrogens with one attached hydrogen (secondary N) is 1. The van der Waals surface area contributed by atoms with Crippen molar-refractivity contribution in [3.8, 4) is 5.75 Å². The number of urea groups is 1. The smallest absolute Gasteiger partial charge is 0.318 e. The second-order valence-corrected chi connectivity index (χ2v) is 8.94. The fourth-order valence-electron chi connectivity index (χ4n) is 3.67. The minimum Gasteiger partial charge on any atom is -0.493 e. The molecule has 1 N–H and O–H groups in total. The molecule has 32 heavy (non-hydrogen) atoms. The van der Waals surface area contributed by atoms with Gasteiger partial charge in [0.2, 0.25) is 0 Å². The van der Waals surface area contributed by atoms with Gasteiger partial charge >= 0.3 is 6.03 Å². The topological polar surface area (TPSA) is 44.8 Å². The molecule has 0 radical (unpaired) electrons. The molecule has 2 aromatic carbocycles. The number of nitrogens with zero attached hydrogens (tertiary/aromatic N) is 2. The van der Waals surface area contributed by atoms with Gasteiger partial charge in [0.1, 0.15) is 5.75 Å². The quantitative estimate of drug-likeness (QED) is 0.635. The predicted molar refractivity (Wildman–Crippen MR) is 121 cm³/mol. The molecule has 0 aliphatic carbocycles. The van der Waals surface area contributed by atoms with Crippen LogP contribution in [0, 0.1) is 17.6 Å². The summed E-state index contributed by atoms with van der Waals surface area (Å²) in [5, 5.41) is 3.08. The maximum absolute atomic E-state index is 14.3. The van der Waals surface area contributed by atoms with Crippen molar-refractivity contribution in [2.75, 3.05) is 26.7 Å². The van der Waals surface area contributed by atoms with E-state index in [-0.39, 0.29) is 30.7 Å². The second kappa shape index (κ2) is 11.3. The van der Waals surface area contributed by atoms with Crippen LogP contribution in [0.1, 0.15) is 37.8 Å². The zero-order valence-corrected chi connectivity index (χ0v) is 19.1. The Hall–Kier alpha value is -2.67. The number of amides is 2. The number of benzene rings is 2. The van der Waals surface area contributed by atoms with Gasteiger partial charge in [0.25, 0.3) is 0 Å². The van der Waals surface area contributed by atoms with Crippen LogP contribution < -0.4 is 10.1 Å². The molecular weight excluding hydrogens is 412 g/mol. The number of carbonyl (C=O) groups is 1. The molecule has 1 aliphatic rings. The summed E-state index contributed by atoms with van der Waals surface area (Å²) in [5.74, 6) is -0.637. The molecule has 0 aromatic heterocycles. The summed E-state index contributed by atoms with van der Waals surface area (Å²) >= 11 is 0. The van der Waals surface area contributed by atoms with Gasteiger partial charge in [-0.3, -0.25) is 0 Å². The molecule has 1 fully saturated rings. The van der Waals surface area contributed by atoms with Crippen molar-refractivity contribution < 1.29 is 18.3 Å². The van der Waals surface area contributed by atoms with Crippen LogP contribution >= 0.6 is 0 Å². The highest BCUT2D eigenvalue weighted by Gasteiger charge is 2.23. The van der Waals surface area contributed by atoms with Crippen molar-refractivity contribution in [2.24, 2.45) is 5.92 Å². The van der Waals surface area contributed by atoms with Crippen LogP contribution in [0.5, 0.6) is 5.75 Å². The van der Waals surface area contributed by atoms with E-state index in [1.54, 1.807) is 0 Å². The molecule has 1 aliphatic heterocycles. The number of hydrogen-bond donors (Lipinski definition) is 1. The molecule has 0 saturated carbocycles. The van der Waals surface area contributed by atoms with Crippen molar-refractivity contribution in [1.82, 2.24) is 15.1 Å². The predicted octanol–water partition coefficient (Wildman–Crippen LogP) is 4.81. The molecule has 2 amide bonds. The Labute approximate surface area is 189 Å². The average Bonchev–Trinajstić information content (AvgIpc) is 2.77. The maximum Gasteiger partial charge on any atom is 0.318 e. The highest BCUT2D eigenvalue weighted by molar-refractivity contribution is 5.74. The molecule has 5 nitrogen and oxygen atoms in total. The molecule has 2 aromatic rings. The minimum atomic E-state index is -0.915. The van der Waals surface area contributed by atoms with E-state index in [0.29, 0.717) is 12.5 Å². The molecule has 0 spiro atoms. The molecule has 7 heteroatoms. The third-order valence-corrected chi connectivity index (χ3v) is 5.61. The average molecular weight is 446 g/mol. The van der Waals surface area contributed by atoms with Gasteiger partial charge in [-0.25, -0.2) is 13.6 Å². The first-order valence-electron chi connectivity index (χ1n) is 11.2. The van der Waals surface area contributed by atoms with Crippen LogP contribution in [0.25, 0.3) is 0 Å². The molecule has 1 saturated heterocycles. The van der Waals surface area contributed by atoms with Crippen molar-refractivity contribution in [3.05, 3.63) is 65.2 Å². The largest absolute Gasteiger partial charge is 0.493 e. The van der Waals surface area contributed by atoms with Gasteiger partial charge in [0.15, 0.2) is 11.6 Å². The van der Waals surface area contributed by atoms with E-state index in [2.05, 4.69) is 31.1 Å². The van der Waals surface area contributed by atoms with Gasteiger partial charge in [-0.15, -0.1) is 0 Å². The van der Waals surface area contributed by atoms with Gasteiger partial charge in [-0.2, -0.15) is 0 Å². The summed E-state index contributed by atoms with van der Waals surface area (Å²) in [6, 6.07) is 11.4. The normalized spacial score (nSPS) is 15.1. The van der Waals surface area contributed by atoms with E-state index in [1.807, 2.05) is 24.3 Å². The third kappa shape index (κ3) is 6.92. The van der Waals surface area contributed by atoms with Gasteiger partial charge in [0, 0.05) is 18.2 Å². The van der Waals surface area contributed by atoms with Gasteiger partial charge in [-0.05, 0) is 62.7 Å². The highest BCUT2D eigenvalue weighted by atomic mass is 19.2. The fraction of sp³-hybridized carbons (Fsp3) is 0.480. The van der Waals surface area contributed by atoms with E-state index in [4.69, 9.17) is 4.74 Å². The lowest BCUT2D eigenvalue weighted by Crippen LogP contribution is -2.48. The first-order chi connectivity index (χ1) is 15.3. The summed E-state index contributed by atoms with van der Waals surface area (Å²) in [6.45, 7) is 6.89. The van der Waals surface area contributed by atoms with Crippen LogP contribution in [0.3, 0.4) is 0 Å². The summed E-state index contributed by atoms with van der Waals surface area (Å²) in [5.41, 5.74) is 1.04. The number of hydrogen-bond acceptors (Lipinski definition) is 3. The molecule has 0 bridgehead atoms. The van der Waals surface area contributed by atoms with Crippen molar-refractivity contribution in [1.29, 1.82) is 0 Å². The van der Waals surface area contributed by atoms with Crippen LogP contribution in [-0.4, -0.2) is 48.6 Å². The zero-order valence-electron chi connectivity index (χ0n) is 19.1. The minimum absolute atomic E-state index is 0.0202. The monoisotopic (exact) mass is 445 g/mol. The van der Waals surface area contributed by atoms with Gasteiger partial charge < -0.3 is 19.9 Å². The number of rotatable bonds is 8. The lowest BCUT2D eigenvalue weighted by molar-refractivity contribution is 0.175. The van der Waals surface area contributed by atoms with Crippen molar-refractivity contribution in [2.45, 2.75) is 45.8 Å². The molecule has 3 rings (SSSR count). The van der Waals surface area contributed by atoms with Crippen molar-refractivity contribution in [3.63, 3.8) is 0 Å². The lowest BCUT2D eigenvalue weighted by atomic mass is 10.1. The maximum atomic E-state index is 14.3. The molecule has 0 unspecified atom stereocenters. The van der Waals surface area contributed by atoms with Crippen molar-refractivity contribution >= 4 is 6.03 Å². The van der Waals surface area contributed by atoms with Crippen LogP contribution in [-0.2, 0) is 13.1 Å². The molecule has 0 atom stereocenters. The Kier molecular flexibility index (Phi) is 8.45. The van der Waals surface area contributed by atoms with Gasteiger partial charge in [-0.1, -0.05) is 38.1 Å². The van der Waals surface area contributed by atoms with E-state index in [9.17, 15) is 13.6 Å². The number of piperidine rings is 1. The second-order valence-electron chi connectivity index (χ2n) is 8.94. The number of likely N-dealkylation sites (tertiary alicyclic amines) is 1. The van der Waals surface area contributed by atoms with Gasteiger partial charge in [0.05, 0.1) is 13.2 Å². The SMILES string of the molecule is CC(C)COc1ccc(CN(Cc2cccc(F)c2F)C(=O)NC2CCN(C)CC2)cc1. The number of ether oxygens (including phenoxy) is 1. The van der Waals surface area contributed by atoms with Crippen LogP contribution in [0.15, 0.2) is 42.5 Å². The van der Waals surface area contributed by atoms with E-state index in [0.717, 1.165) is 43.3 Å². The fourth-order valence-corrected chi connectivity index (χ4v) is 3.67. The Morgan fingerprint density at radius 2 is 1.81 bits per heavy atom. The first kappa shape index (κ1) is 24.0. The Bertz CT molecular complexity index is 881. The number of halogens is 2. The van der Waals surface area contributed by atoms with E-state index in [1.165, 1.54) is 17.0 Å². The molecular formula is C25H33F2N3O2. The standard InChI is InChI=1S/C25H33F2N3O2/c1-18(2)17-32-22-9-7-19(8-10-22)15-30(16-20-5-4-6-23(26)24(20)27)25(31)28-21-11-13-29(3)14-12-21/h4-10,18,21H,11-17H2,1-3H3,(H,28,31). The van der Waals surface area contributed by atoms with Crippen LogP contribution in [0.2, 0.25) is 0 Å². The van der Waals surface area contributed by atoms with E-state index < -0.39 is 11.6 Å². The lowest BCUT2D eigenvalue weighted by Gasteiger charge is -2.32. The summed E-state index contributed by atoms with van der Waals surface area (Å²) in [4.78, 5) is 16.9. The summed E-state index contributed by atoms with van der Waals surface area (Å²) < 4.78 is 33.8.